The van der Waals surface area contributed by atoms with Crippen LogP contribution < -0.4 is 5.32 Å². The highest BCUT2D eigenvalue weighted by atomic mass is 16.2. The van der Waals surface area contributed by atoms with Crippen LogP contribution in [-0.4, -0.2) is 46.8 Å². The van der Waals surface area contributed by atoms with Crippen molar-refractivity contribution in [2.45, 2.75) is 25.7 Å². The van der Waals surface area contributed by atoms with Crippen LogP contribution in [-0.2, 0) is 18.3 Å². The van der Waals surface area contributed by atoms with Gasteiger partial charge in [0, 0.05) is 32.9 Å². The van der Waals surface area contributed by atoms with Crippen LogP contribution in [0.3, 0.4) is 0 Å². The monoisotopic (exact) mass is 262 g/mol. The van der Waals surface area contributed by atoms with E-state index in [1.165, 1.54) is 6.42 Å². The molecule has 0 radical (unpaired) electrons. The fourth-order valence-corrected chi connectivity index (χ4v) is 3.30. The summed E-state index contributed by atoms with van der Waals surface area (Å²) >= 11 is 0. The molecule has 2 fully saturated rings. The van der Waals surface area contributed by atoms with E-state index >= 15 is 0 Å². The van der Waals surface area contributed by atoms with Gasteiger partial charge in [-0.15, -0.1) is 0 Å². The van der Waals surface area contributed by atoms with Crippen molar-refractivity contribution in [1.82, 2.24) is 20.0 Å². The SMILES string of the molecule is Cn1cc(CC(=O)N2CCC3(CCNC3)CC2)cn1. The second kappa shape index (κ2) is 4.96. The lowest BCUT2D eigenvalue weighted by atomic mass is 9.78. The zero-order valence-corrected chi connectivity index (χ0v) is 11.6. The first-order chi connectivity index (χ1) is 9.17. The van der Waals surface area contributed by atoms with Gasteiger partial charge in [-0.05, 0) is 36.8 Å². The van der Waals surface area contributed by atoms with Gasteiger partial charge in [0.2, 0.25) is 5.91 Å². The van der Waals surface area contributed by atoms with Gasteiger partial charge in [0.05, 0.1) is 12.6 Å². The van der Waals surface area contributed by atoms with E-state index in [4.69, 9.17) is 0 Å². The summed E-state index contributed by atoms with van der Waals surface area (Å²) in [4.78, 5) is 14.3. The number of aryl methyl sites for hydroxylation is 1. The highest BCUT2D eigenvalue weighted by Gasteiger charge is 2.37. The number of piperidine rings is 1. The molecule has 1 N–H and O–H groups in total. The van der Waals surface area contributed by atoms with E-state index in [1.54, 1.807) is 10.9 Å². The number of nitrogens with one attached hydrogen (secondary N) is 1. The molecule has 5 nitrogen and oxygen atoms in total. The van der Waals surface area contributed by atoms with Crippen LogP contribution in [0.2, 0.25) is 0 Å². The summed E-state index contributed by atoms with van der Waals surface area (Å²) in [5, 5.41) is 7.57. The molecule has 1 aromatic rings. The van der Waals surface area contributed by atoms with Gasteiger partial charge in [-0.3, -0.25) is 9.48 Å². The highest BCUT2D eigenvalue weighted by Crippen LogP contribution is 2.36. The molecule has 0 aliphatic carbocycles. The van der Waals surface area contributed by atoms with E-state index in [0.717, 1.165) is 44.6 Å². The molecule has 104 valence electrons. The number of aromatic nitrogens is 2. The molecule has 19 heavy (non-hydrogen) atoms. The van der Waals surface area contributed by atoms with Crippen LogP contribution in [0.1, 0.15) is 24.8 Å². The molecule has 1 aromatic heterocycles. The van der Waals surface area contributed by atoms with E-state index in [-0.39, 0.29) is 5.91 Å². The Labute approximate surface area is 114 Å². The van der Waals surface area contributed by atoms with Crippen molar-refractivity contribution in [3.63, 3.8) is 0 Å². The van der Waals surface area contributed by atoms with Crippen molar-refractivity contribution in [1.29, 1.82) is 0 Å². The maximum Gasteiger partial charge on any atom is 0.227 e. The molecule has 1 spiro atoms. The molecule has 0 aromatic carbocycles. The smallest absolute Gasteiger partial charge is 0.227 e. The first-order valence-electron chi connectivity index (χ1n) is 7.13. The van der Waals surface area contributed by atoms with Crippen molar-refractivity contribution < 1.29 is 4.79 Å². The predicted molar refractivity (Wildman–Crippen MR) is 72.6 cm³/mol. The number of hydrogen-bond donors (Lipinski definition) is 1. The number of nitrogens with zero attached hydrogens (tertiary/aromatic N) is 3. The molecule has 0 saturated carbocycles. The van der Waals surface area contributed by atoms with Gasteiger partial charge in [-0.25, -0.2) is 0 Å². The lowest BCUT2D eigenvalue weighted by Gasteiger charge is -2.38. The Morgan fingerprint density at radius 3 is 2.79 bits per heavy atom. The summed E-state index contributed by atoms with van der Waals surface area (Å²) in [7, 11) is 1.88. The number of amides is 1. The third-order valence-corrected chi connectivity index (χ3v) is 4.62. The summed E-state index contributed by atoms with van der Waals surface area (Å²) in [6, 6.07) is 0. The average molecular weight is 262 g/mol. The Kier molecular flexibility index (Phi) is 3.31. The molecular weight excluding hydrogens is 240 g/mol. The summed E-state index contributed by atoms with van der Waals surface area (Å²) in [6.07, 6.45) is 7.77. The van der Waals surface area contributed by atoms with E-state index < -0.39 is 0 Å². The van der Waals surface area contributed by atoms with Crippen LogP contribution in [0.5, 0.6) is 0 Å². The summed E-state index contributed by atoms with van der Waals surface area (Å²) < 4.78 is 1.75. The maximum atomic E-state index is 12.3. The van der Waals surface area contributed by atoms with Crippen molar-refractivity contribution >= 4 is 5.91 Å². The maximum absolute atomic E-state index is 12.3. The van der Waals surface area contributed by atoms with Gasteiger partial charge in [0.1, 0.15) is 0 Å². The van der Waals surface area contributed by atoms with E-state index in [1.807, 2.05) is 18.1 Å². The van der Waals surface area contributed by atoms with Crippen LogP contribution >= 0.6 is 0 Å². The van der Waals surface area contributed by atoms with E-state index in [0.29, 0.717) is 11.8 Å². The van der Waals surface area contributed by atoms with E-state index in [9.17, 15) is 4.79 Å². The largest absolute Gasteiger partial charge is 0.342 e. The Hall–Kier alpha value is -1.36. The van der Waals surface area contributed by atoms with E-state index in [2.05, 4.69) is 10.4 Å². The number of carbonyl (C=O) groups is 1. The molecule has 0 atom stereocenters. The normalized spacial score (nSPS) is 22.1. The van der Waals surface area contributed by atoms with Crippen molar-refractivity contribution in [3.05, 3.63) is 18.0 Å². The molecule has 3 rings (SSSR count). The number of hydrogen-bond acceptors (Lipinski definition) is 3. The van der Waals surface area contributed by atoms with Crippen LogP contribution in [0.25, 0.3) is 0 Å². The Morgan fingerprint density at radius 1 is 1.42 bits per heavy atom. The second-order valence-electron chi connectivity index (χ2n) is 6.01. The number of likely N-dealkylation sites (tertiary alicyclic amines) is 1. The fraction of sp³-hybridized carbons (Fsp3) is 0.714. The van der Waals surface area contributed by atoms with Gasteiger partial charge >= 0.3 is 0 Å². The molecule has 1 amide bonds. The highest BCUT2D eigenvalue weighted by molar-refractivity contribution is 5.78. The zero-order valence-electron chi connectivity index (χ0n) is 11.6. The molecule has 2 aliphatic rings. The lowest BCUT2D eigenvalue weighted by molar-refractivity contribution is -0.132. The van der Waals surface area contributed by atoms with Gasteiger partial charge in [-0.1, -0.05) is 0 Å². The molecule has 3 heterocycles. The first kappa shape index (κ1) is 12.7. The molecular formula is C14H22N4O. The molecule has 0 bridgehead atoms. The topological polar surface area (TPSA) is 50.2 Å². The Morgan fingerprint density at radius 2 is 2.21 bits per heavy atom. The summed E-state index contributed by atoms with van der Waals surface area (Å²) in [6.45, 7) is 4.11. The molecule has 5 heteroatoms. The van der Waals surface area contributed by atoms with Gasteiger partial charge in [-0.2, -0.15) is 5.10 Å². The molecule has 2 aliphatic heterocycles. The summed E-state index contributed by atoms with van der Waals surface area (Å²) in [5.41, 5.74) is 1.49. The number of carbonyl (C=O) groups excluding carboxylic acids is 1. The van der Waals surface area contributed by atoms with Crippen molar-refractivity contribution in [2.75, 3.05) is 26.2 Å². The molecule has 2 saturated heterocycles. The minimum Gasteiger partial charge on any atom is -0.342 e. The predicted octanol–water partition coefficient (Wildman–Crippen LogP) is 0.565. The Bertz CT molecular complexity index is 452. The zero-order chi connectivity index (χ0) is 13.3. The first-order valence-corrected chi connectivity index (χ1v) is 7.13. The average Bonchev–Trinajstić information content (AvgIpc) is 3.00. The van der Waals surface area contributed by atoms with Crippen LogP contribution in [0.15, 0.2) is 12.4 Å². The van der Waals surface area contributed by atoms with Crippen LogP contribution in [0.4, 0.5) is 0 Å². The van der Waals surface area contributed by atoms with Crippen molar-refractivity contribution in [3.8, 4) is 0 Å². The van der Waals surface area contributed by atoms with Crippen LogP contribution in [0, 0.1) is 5.41 Å². The van der Waals surface area contributed by atoms with Gasteiger partial charge < -0.3 is 10.2 Å². The van der Waals surface area contributed by atoms with Gasteiger partial charge in [0.25, 0.3) is 0 Å². The summed E-state index contributed by atoms with van der Waals surface area (Å²) in [5.74, 6) is 0.244. The number of rotatable bonds is 2. The minimum atomic E-state index is 0.244. The quantitative estimate of drug-likeness (QED) is 0.847. The second-order valence-corrected chi connectivity index (χ2v) is 6.01. The standard InChI is InChI=1S/C14H22N4O/c1-17-10-12(9-16-17)8-13(19)18-6-3-14(4-7-18)2-5-15-11-14/h9-10,15H,2-8,11H2,1H3. The fourth-order valence-electron chi connectivity index (χ4n) is 3.30. The third-order valence-electron chi connectivity index (χ3n) is 4.62. The molecule has 0 unspecified atom stereocenters. The third kappa shape index (κ3) is 2.66. The van der Waals surface area contributed by atoms with Gasteiger partial charge in [0.15, 0.2) is 0 Å². The van der Waals surface area contributed by atoms with Crippen molar-refractivity contribution in [2.24, 2.45) is 12.5 Å². The minimum absolute atomic E-state index is 0.244. The lowest BCUT2D eigenvalue weighted by Crippen LogP contribution is -2.44. The Balaban J connectivity index is 1.54.